The first-order chi connectivity index (χ1) is 16.0. The van der Waals surface area contributed by atoms with Crippen LogP contribution in [-0.4, -0.2) is 37.0 Å². The van der Waals surface area contributed by atoms with Crippen molar-refractivity contribution in [3.8, 4) is 17.2 Å². The van der Waals surface area contributed by atoms with E-state index >= 15 is 0 Å². The summed E-state index contributed by atoms with van der Waals surface area (Å²) in [5, 5.41) is 5.53. The number of benzene rings is 2. The quantitative estimate of drug-likeness (QED) is 0.600. The number of hydrogen-bond donors (Lipinski definition) is 2. The van der Waals surface area contributed by atoms with Gasteiger partial charge in [-0.15, -0.1) is 0 Å². The van der Waals surface area contributed by atoms with E-state index in [-0.39, 0.29) is 34.9 Å². The molecule has 1 heterocycles. The number of ether oxygens (including phenoxy) is 2. The highest BCUT2D eigenvalue weighted by Gasteiger charge is 2.22. The molecule has 33 heavy (non-hydrogen) atoms. The number of rotatable bonds is 6. The van der Waals surface area contributed by atoms with Crippen LogP contribution in [0.1, 0.15) is 38.4 Å². The molecule has 1 unspecified atom stereocenters. The first kappa shape index (κ1) is 22.3. The molecule has 3 aromatic rings. The summed E-state index contributed by atoms with van der Waals surface area (Å²) in [5.41, 5.74) is 2.79. The Labute approximate surface area is 190 Å². The van der Waals surface area contributed by atoms with Crippen LogP contribution >= 0.6 is 0 Å². The van der Waals surface area contributed by atoms with Gasteiger partial charge in [-0.1, -0.05) is 6.07 Å². The number of nitrogens with one attached hydrogen (secondary N) is 2. The molecule has 170 valence electrons. The third-order valence-corrected chi connectivity index (χ3v) is 5.58. The summed E-state index contributed by atoms with van der Waals surface area (Å²) in [5.74, 6) is 0.0498. The zero-order valence-corrected chi connectivity index (χ0v) is 18.4. The Balaban J connectivity index is 1.44. The van der Waals surface area contributed by atoms with Gasteiger partial charge in [0.25, 0.3) is 11.8 Å². The average molecular weight is 449 g/mol. The van der Waals surface area contributed by atoms with Gasteiger partial charge in [0.05, 0.1) is 7.11 Å². The average Bonchev–Trinajstić information content (AvgIpc) is 2.83. The van der Waals surface area contributed by atoms with E-state index in [9.17, 15) is 14.0 Å². The van der Waals surface area contributed by atoms with Crippen LogP contribution in [0, 0.1) is 5.82 Å². The van der Waals surface area contributed by atoms with Crippen molar-refractivity contribution in [3.05, 3.63) is 82.9 Å². The highest BCUT2D eigenvalue weighted by Crippen LogP contribution is 2.29. The van der Waals surface area contributed by atoms with E-state index in [4.69, 9.17) is 9.47 Å². The predicted octanol–water partition coefficient (Wildman–Crippen LogP) is 3.67. The van der Waals surface area contributed by atoms with Crippen LogP contribution in [0.2, 0.25) is 0 Å². The van der Waals surface area contributed by atoms with Crippen molar-refractivity contribution in [2.24, 2.45) is 0 Å². The molecule has 0 saturated heterocycles. The molecule has 0 spiro atoms. The van der Waals surface area contributed by atoms with E-state index in [0.717, 1.165) is 18.4 Å². The summed E-state index contributed by atoms with van der Waals surface area (Å²) in [7, 11) is 2.92. The number of methoxy groups -OCH3 is 1. The van der Waals surface area contributed by atoms with E-state index in [1.54, 1.807) is 25.2 Å². The fourth-order valence-corrected chi connectivity index (χ4v) is 3.86. The van der Waals surface area contributed by atoms with Gasteiger partial charge in [0.15, 0.2) is 11.6 Å². The largest absolute Gasteiger partial charge is 0.494 e. The van der Waals surface area contributed by atoms with Gasteiger partial charge < -0.3 is 20.1 Å². The van der Waals surface area contributed by atoms with E-state index < -0.39 is 5.82 Å². The molecule has 7 nitrogen and oxygen atoms in total. The van der Waals surface area contributed by atoms with Gasteiger partial charge in [0.2, 0.25) is 0 Å². The molecule has 1 aliphatic rings. The van der Waals surface area contributed by atoms with Gasteiger partial charge in [-0.25, -0.2) is 4.39 Å². The SMILES string of the molecule is CNC(=O)c1cc(Oc2ccc3c(c2)CC(NC(=O)c2ccc(OC)c(F)c2)CC3)ccn1. The smallest absolute Gasteiger partial charge is 0.269 e. The summed E-state index contributed by atoms with van der Waals surface area (Å²) >= 11 is 0. The molecule has 2 N–H and O–H groups in total. The Morgan fingerprint density at radius 1 is 1.03 bits per heavy atom. The second-order valence-electron chi connectivity index (χ2n) is 7.75. The topological polar surface area (TPSA) is 89.6 Å². The van der Waals surface area contributed by atoms with Crippen molar-refractivity contribution >= 4 is 11.8 Å². The van der Waals surface area contributed by atoms with Crippen LogP contribution in [0.4, 0.5) is 4.39 Å². The van der Waals surface area contributed by atoms with Crippen LogP contribution in [0.25, 0.3) is 0 Å². The number of carbonyl (C=O) groups excluding carboxylic acids is 2. The maximum Gasteiger partial charge on any atom is 0.269 e. The standard InChI is InChI=1S/C25H24FN3O4/c1-27-25(31)22-14-20(9-10-28-22)33-19-7-4-15-3-6-18(11-17(15)12-19)29-24(30)16-5-8-23(32-2)21(26)13-16/h4-5,7-10,12-14,18H,3,6,11H2,1-2H3,(H,27,31)(H,29,30). The minimum Gasteiger partial charge on any atom is -0.494 e. The van der Waals surface area contributed by atoms with Gasteiger partial charge in [0, 0.05) is 30.9 Å². The number of aryl methyl sites for hydroxylation is 1. The lowest BCUT2D eigenvalue weighted by atomic mass is 9.88. The molecule has 8 heteroatoms. The van der Waals surface area contributed by atoms with Gasteiger partial charge in [0.1, 0.15) is 17.2 Å². The van der Waals surface area contributed by atoms with Gasteiger partial charge in [-0.3, -0.25) is 14.6 Å². The van der Waals surface area contributed by atoms with Crippen molar-refractivity contribution in [2.75, 3.05) is 14.2 Å². The minimum absolute atomic E-state index is 0.0776. The Kier molecular flexibility index (Phi) is 6.53. The van der Waals surface area contributed by atoms with Crippen LogP contribution < -0.4 is 20.1 Å². The fourth-order valence-electron chi connectivity index (χ4n) is 3.86. The molecular formula is C25H24FN3O4. The molecule has 1 aromatic heterocycles. The molecular weight excluding hydrogens is 425 g/mol. The summed E-state index contributed by atoms with van der Waals surface area (Å²) < 4.78 is 24.8. The van der Waals surface area contributed by atoms with E-state index in [2.05, 4.69) is 15.6 Å². The van der Waals surface area contributed by atoms with Crippen molar-refractivity contribution in [1.82, 2.24) is 15.6 Å². The van der Waals surface area contributed by atoms with Crippen molar-refractivity contribution < 1.29 is 23.5 Å². The number of halogens is 1. The summed E-state index contributed by atoms with van der Waals surface area (Å²) in [4.78, 5) is 28.4. The minimum atomic E-state index is -0.573. The lowest BCUT2D eigenvalue weighted by Gasteiger charge is -2.26. The van der Waals surface area contributed by atoms with Crippen molar-refractivity contribution in [2.45, 2.75) is 25.3 Å². The molecule has 2 amide bonds. The summed E-state index contributed by atoms with van der Waals surface area (Å²) in [6.45, 7) is 0. The van der Waals surface area contributed by atoms with Crippen LogP contribution in [0.5, 0.6) is 17.2 Å². The molecule has 0 saturated carbocycles. The molecule has 1 atom stereocenters. The molecule has 1 aliphatic carbocycles. The zero-order valence-electron chi connectivity index (χ0n) is 18.4. The third-order valence-electron chi connectivity index (χ3n) is 5.58. The number of aromatic nitrogens is 1. The first-order valence-corrected chi connectivity index (χ1v) is 10.6. The second-order valence-corrected chi connectivity index (χ2v) is 7.75. The van der Waals surface area contributed by atoms with Crippen molar-refractivity contribution in [1.29, 1.82) is 0 Å². The van der Waals surface area contributed by atoms with E-state index in [1.807, 2.05) is 18.2 Å². The lowest BCUT2D eigenvalue weighted by molar-refractivity contribution is 0.0930. The summed E-state index contributed by atoms with van der Waals surface area (Å²) in [6, 6.07) is 13.2. The number of nitrogens with zero attached hydrogens (tertiary/aromatic N) is 1. The Bertz CT molecular complexity index is 1200. The molecule has 2 aromatic carbocycles. The lowest BCUT2D eigenvalue weighted by Crippen LogP contribution is -2.38. The van der Waals surface area contributed by atoms with E-state index in [1.165, 1.54) is 31.0 Å². The number of amides is 2. The zero-order chi connectivity index (χ0) is 23.4. The van der Waals surface area contributed by atoms with Crippen molar-refractivity contribution in [3.63, 3.8) is 0 Å². The number of fused-ring (bicyclic) bond motifs is 1. The number of carbonyl (C=O) groups is 2. The predicted molar refractivity (Wildman–Crippen MR) is 120 cm³/mol. The maximum absolute atomic E-state index is 14.0. The fraction of sp³-hybridized carbons (Fsp3) is 0.240. The third kappa shape index (κ3) is 5.11. The highest BCUT2D eigenvalue weighted by molar-refractivity contribution is 5.94. The van der Waals surface area contributed by atoms with Crippen LogP contribution in [0.15, 0.2) is 54.7 Å². The maximum atomic E-state index is 14.0. The monoisotopic (exact) mass is 449 g/mol. The highest BCUT2D eigenvalue weighted by atomic mass is 19.1. The van der Waals surface area contributed by atoms with Gasteiger partial charge in [-0.05, 0) is 66.8 Å². The summed E-state index contributed by atoms with van der Waals surface area (Å²) in [6.07, 6.45) is 3.76. The van der Waals surface area contributed by atoms with Crippen LogP contribution in [-0.2, 0) is 12.8 Å². The molecule has 0 fully saturated rings. The number of pyridine rings is 1. The van der Waals surface area contributed by atoms with E-state index in [0.29, 0.717) is 17.9 Å². The van der Waals surface area contributed by atoms with Gasteiger partial charge >= 0.3 is 0 Å². The Hall–Kier alpha value is -3.94. The first-order valence-electron chi connectivity index (χ1n) is 10.6. The Morgan fingerprint density at radius 2 is 1.85 bits per heavy atom. The number of hydrogen-bond acceptors (Lipinski definition) is 5. The molecule has 4 rings (SSSR count). The van der Waals surface area contributed by atoms with Gasteiger partial charge in [-0.2, -0.15) is 0 Å². The second kappa shape index (κ2) is 9.68. The normalized spacial score (nSPS) is 14.7. The van der Waals surface area contributed by atoms with Crippen LogP contribution in [0.3, 0.4) is 0 Å². The molecule has 0 bridgehead atoms. The Morgan fingerprint density at radius 3 is 2.61 bits per heavy atom. The molecule has 0 aliphatic heterocycles. The molecule has 0 radical (unpaired) electrons.